The Labute approximate surface area is 219 Å². The Bertz CT molecular complexity index is 1120. The molecule has 0 radical (unpaired) electrons. The summed E-state index contributed by atoms with van der Waals surface area (Å²) in [4.78, 5) is 36.4. The third-order valence-corrected chi connectivity index (χ3v) is 8.39. The Hall–Kier alpha value is -3.15. The predicted octanol–water partition coefficient (Wildman–Crippen LogP) is 6.03. The summed E-state index contributed by atoms with van der Waals surface area (Å²) in [6.07, 6.45) is 1.50. The van der Waals surface area contributed by atoms with Crippen LogP contribution in [-0.4, -0.2) is 36.7 Å². The van der Waals surface area contributed by atoms with Gasteiger partial charge in [-0.2, -0.15) is 0 Å². The van der Waals surface area contributed by atoms with E-state index < -0.39 is 24.1 Å². The Balaban J connectivity index is 1.50. The summed E-state index contributed by atoms with van der Waals surface area (Å²) in [5.74, 6) is -0.267. The van der Waals surface area contributed by atoms with E-state index >= 15 is 0 Å². The van der Waals surface area contributed by atoms with Crippen molar-refractivity contribution in [2.45, 2.75) is 77.9 Å². The van der Waals surface area contributed by atoms with Gasteiger partial charge in [-0.05, 0) is 71.8 Å². The van der Waals surface area contributed by atoms with E-state index in [1.807, 2.05) is 31.2 Å². The largest absolute Gasteiger partial charge is 0.466 e. The first-order valence-corrected chi connectivity index (χ1v) is 13.4. The normalized spacial score (nSPS) is 29.1. The third kappa shape index (κ3) is 6.06. The maximum Gasteiger partial charge on any atom is 0.338 e. The van der Waals surface area contributed by atoms with Gasteiger partial charge >= 0.3 is 17.9 Å². The molecule has 0 amide bonds. The lowest BCUT2D eigenvalue weighted by Crippen LogP contribution is -2.49. The molecule has 3 unspecified atom stereocenters. The predicted molar refractivity (Wildman–Crippen MR) is 140 cm³/mol. The number of carbonyl (C=O) groups excluding carboxylic acids is 3. The molecule has 0 saturated heterocycles. The number of fused-ring (bicyclic) bond motifs is 1. The first-order chi connectivity index (χ1) is 17.7. The molecule has 6 nitrogen and oxygen atoms in total. The fourth-order valence-corrected chi connectivity index (χ4v) is 6.06. The van der Waals surface area contributed by atoms with Crippen LogP contribution in [0.3, 0.4) is 0 Å². The fourth-order valence-electron chi connectivity index (χ4n) is 6.06. The molecular weight excluding hydrogens is 468 g/mol. The van der Waals surface area contributed by atoms with Crippen molar-refractivity contribution < 1.29 is 28.6 Å². The van der Waals surface area contributed by atoms with Crippen LogP contribution >= 0.6 is 0 Å². The average Bonchev–Trinajstić information content (AvgIpc) is 2.88. The van der Waals surface area contributed by atoms with Crippen molar-refractivity contribution in [3.8, 4) is 0 Å². The number of hydrogen-bond donors (Lipinski definition) is 0. The van der Waals surface area contributed by atoms with Gasteiger partial charge in [0.25, 0.3) is 0 Å². The molecule has 0 aliphatic heterocycles. The second-order valence-corrected chi connectivity index (χ2v) is 10.8. The first kappa shape index (κ1) is 26.9. The van der Waals surface area contributed by atoms with Crippen molar-refractivity contribution in [2.24, 2.45) is 17.8 Å². The molecule has 0 heterocycles. The molecule has 0 N–H and O–H groups in total. The fraction of sp³-hybridized carbons (Fsp3) is 0.516. The molecular formula is C31H38O6. The number of benzene rings is 2. The molecule has 2 aliphatic rings. The van der Waals surface area contributed by atoms with E-state index in [4.69, 9.17) is 14.2 Å². The number of ether oxygens (including phenoxy) is 3. The summed E-state index contributed by atoms with van der Waals surface area (Å²) < 4.78 is 16.8. The lowest BCUT2D eigenvalue weighted by atomic mass is 9.71. The highest BCUT2D eigenvalue weighted by Crippen LogP contribution is 2.42. The molecule has 2 aromatic carbocycles. The Morgan fingerprint density at radius 2 is 1.49 bits per heavy atom. The summed E-state index contributed by atoms with van der Waals surface area (Å²) >= 11 is 0. The van der Waals surface area contributed by atoms with E-state index in [2.05, 4.69) is 38.1 Å². The number of carbonyl (C=O) groups is 3. The van der Waals surface area contributed by atoms with Crippen LogP contribution in [0, 0.1) is 17.8 Å². The Morgan fingerprint density at radius 3 is 2.14 bits per heavy atom. The molecule has 2 aliphatic carbocycles. The van der Waals surface area contributed by atoms with Crippen LogP contribution in [-0.2, 0) is 23.8 Å². The van der Waals surface area contributed by atoms with Gasteiger partial charge in [0.1, 0.15) is 12.2 Å². The molecule has 2 aromatic rings. The highest BCUT2D eigenvalue weighted by atomic mass is 16.6. The smallest absolute Gasteiger partial charge is 0.338 e. The highest BCUT2D eigenvalue weighted by Gasteiger charge is 2.44. The monoisotopic (exact) mass is 506 g/mol. The molecule has 1 fully saturated rings. The van der Waals surface area contributed by atoms with Gasteiger partial charge in [0.15, 0.2) is 0 Å². The zero-order valence-electron chi connectivity index (χ0n) is 22.4. The van der Waals surface area contributed by atoms with Gasteiger partial charge < -0.3 is 14.2 Å². The van der Waals surface area contributed by atoms with Gasteiger partial charge in [0, 0.05) is 19.8 Å². The third-order valence-electron chi connectivity index (χ3n) is 8.39. The van der Waals surface area contributed by atoms with Gasteiger partial charge in [-0.25, -0.2) is 4.79 Å². The molecule has 7 atom stereocenters. The summed E-state index contributed by atoms with van der Waals surface area (Å²) in [5.41, 5.74) is 4.42. The number of esters is 3. The molecule has 4 rings (SSSR count). The summed E-state index contributed by atoms with van der Waals surface area (Å²) in [6.45, 7) is 9.31. The zero-order valence-corrected chi connectivity index (χ0v) is 22.4. The quantitative estimate of drug-likeness (QED) is 0.352. The molecule has 0 aromatic heterocycles. The van der Waals surface area contributed by atoms with Gasteiger partial charge in [0.05, 0.1) is 12.2 Å². The second kappa shape index (κ2) is 11.5. The first-order valence-electron chi connectivity index (χ1n) is 13.4. The van der Waals surface area contributed by atoms with E-state index in [9.17, 15) is 14.4 Å². The maximum absolute atomic E-state index is 13.2. The lowest BCUT2D eigenvalue weighted by Gasteiger charge is -2.43. The van der Waals surface area contributed by atoms with Crippen LogP contribution in [0.25, 0.3) is 0 Å². The minimum atomic E-state index is -0.616. The summed E-state index contributed by atoms with van der Waals surface area (Å²) in [7, 11) is 0. The van der Waals surface area contributed by atoms with Crippen LogP contribution < -0.4 is 0 Å². The number of hydrogen-bond acceptors (Lipinski definition) is 6. The lowest BCUT2D eigenvalue weighted by molar-refractivity contribution is -0.169. The van der Waals surface area contributed by atoms with E-state index in [-0.39, 0.29) is 30.3 Å². The van der Waals surface area contributed by atoms with Crippen LogP contribution in [0.1, 0.15) is 92.8 Å². The zero-order chi connectivity index (χ0) is 26.7. The van der Waals surface area contributed by atoms with Crippen molar-refractivity contribution in [3.63, 3.8) is 0 Å². The highest BCUT2D eigenvalue weighted by molar-refractivity contribution is 5.89. The van der Waals surface area contributed by atoms with Crippen LogP contribution in [0.15, 0.2) is 48.5 Å². The van der Waals surface area contributed by atoms with E-state index in [1.54, 1.807) is 0 Å². The summed E-state index contributed by atoms with van der Waals surface area (Å²) in [5, 5.41) is 0. The van der Waals surface area contributed by atoms with Crippen molar-refractivity contribution >= 4 is 17.9 Å². The van der Waals surface area contributed by atoms with Crippen molar-refractivity contribution in [2.75, 3.05) is 6.61 Å². The molecule has 198 valence electrons. The van der Waals surface area contributed by atoms with Gasteiger partial charge in [-0.15, -0.1) is 0 Å². The number of rotatable bonds is 6. The van der Waals surface area contributed by atoms with Crippen molar-refractivity contribution in [1.29, 1.82) is 0 Å². The SMILES string of the molecule is CC(=O)OCC1C[C@@H](OC(=O)c2ccc(C3CC[C@@H](C)c4ccccc43)cc2)C(OC(C)=O)[C@@H](C)[C@@H]1C. The topological polar surface area (TPSA) is 78.9 Å². The van der Waals surface area contributed by atoms with E-state index in [1.165, 1.54) is 30.5 Å². The van der Waals surface area contributed by atoms with E-state index in [0.717, 1.165) is 12.8 Å². The average molecular weight is 507 g/mol. The minimum Gasteiger partial charge on any atom is -0.466 e. The van der Waals surface area contributed by atoms with Gasteiger partial charge in [-0.1, -0.05) is 57.2 Å². The molecule has 0 bridgehead atoms. The van der Waals surface area contributed by atoms with Crippen LogP contribution in [0.5, 0.6) is 0 Å². The summed E-state index contributed by atoms with van der Waals surface area (Å²) in [6, 6.07) is 16.3. The molecule has 0 spiro atoms. The second-order valence-electron chi connectivity index (χ2n) is 10.8. The molecule has 6 heteroatoms. The van der Waals surface area contributed by atoms with Crippen LogP contribution in [0.4, 0.5) is 0 Å². The Morgan fingerprint density at radius 1 is 0.811 bits per heavy atom. The van der Waals surface area contributed by atoms with Crippen molar-refractivity contribution in [3.05, 3.63) is 70.8 Å². The van der Waals surface area contributed by atoms with Crippen molar-refractivity contribution in [1.82, 2.24) is 0 Å². The van der Waals surface area contributed by atoms with E-state index in [0.29, 0.717) is 23.8 Å². The molecule has 1 saturated carbocycles. The standard InChI is InChI=1S/C31H38O6/c1-18-10-15-27(28-9-7-6-8-26(18)28)23-11-13-24(14-12-23)31(34)37-29-16-25(17-35-21(4)32)19(2)20(3)30(29)36-22(5)33/h6-9,11-14,18-20,25,27,29-30H,10,15-17H2,1-5H3/t18-,19+,20+,25?,27?,29-,30?/m1/s1. The van der Waals surface area contributed by atoms with Gasteiger partial charge in [0.2, 0.25) is 0 Å². The Kier molecular flexibility index (Phi) is 8.35. The minimum absolute atomic E-state index is 0.000328. The maximum atomic E-state index is 13.2. The van der Waals surface area contributed by atoms with Gasteiger partial charge in [-0.3, -0.25) is 9.59 Å². The molecule has 37 heavy (non-hydrogen) atoms. The van der Waals surface area contributed by atoms with Crippen LogP contribution in [0.2, 0.25) is 0 Å².